The second-order valence-electron chi connectivity index (χ2n) is 3.44. The van der Waals surface area contributed by atoms with Gasteiger partial charge in [-0.25, -0.2) is 0 Å². The molecule has 13 heavy (non-hydrogen) atoms. The Kier molecular flexibility index (Phi) is 4.19. The molecule has 74 valence electrons. The van der Waals surface area contributed by atoms with Gasteiger partial charge in [0.2, 0.25) is 0 Å². The number of hydrogen-bond donors (Lipinski definition) is 1. The first-order valence-corrected chi connectivity index (χ1v) is 4.82. The van der Waals surface area contributed by atoms with Gasteiger partial charge in [0.05, 0.1) is 18.8 Å². The zero-order valence-electron chi connectivity index (χ0n) is 7.98. The summed E-state index contributed by atoms with van der Waals surface area (Å²) in [4.78, 5) is 0. The number of aliphatic hydroxyl groups is 1. The minimum atomic E-state index is -0.258. The van der Waals surface area contributed by atoms with Gasteiger partial charge in [0.25, 0.3) is 0 Å². The van der Waals surface area contributed by atoms with Gasteiger partial charge in [0.1, 0.15) is 0 Å². The maximum Gasteiger partial charge on any atom is 0.0663 e. The molecule has 0 aromatic rings. The molecular formula is C11H18O2. The molecule has 0 radical (unpaired) electrons. The molecule has 2 heteroatoms. The molecule has 0 saturated heterocycles. The van der Waals surface area contributed by atoms with Crippen LogP contribution in [0.3, 0.4) is 0 Å². The lowest BCUT2D eigenvalue weighted by molar-refractivity contribution is 0.0222. The van der Waals surface area contributed by atoms with Crippen molar-refractivity contribution in [2.75, 3.05) is 6.61 Å². The molecule has 0 heterocycles. The molecule has 0 amide bonds. The molecule has 0 aliphatic heterocycles. The molecule has 0 aromatic carbocycles. The molecule has 3 atom stereocenters. The Morgan fingerprint density at radius 2 is 2.15 bits per heavy atom. The highest BCUT2D eigenvalue weighted by Gasteiger charge is 2.33. The van der Waals surface area contributed by atoms with E-state index in [0.717, 1.165) is 19.3 Å². The van der Waals surface area contributed by atoms with Crippen LogP contribution in [-0.2, 0) is 4.74 Å². The van der Waals surface area contributed by atoms with Crippen LogP contribution < -0.4 is 0 Å². The average Bonchev–Trinajstić information content (AvgIpc) is 2.47. The zero-order chi connectivity index (χ0) is 9.68. The minimum absolute atomic E-state index is 0.116. The predicted molar refractivity (Wildman–Crippen MR) is 53.5 cm³/mol. The van der Waals surface area contributed by atoms with Gasteiger partial charge in [-0.15, -0.1) is 13.2 Å². The monoisotopic (exact) mass is 182 g/mol. The zero-order valence-corrected chi connectivity index (χ0v) is 7.98. The number of hydrogen-bond acceptors (Lipinski definition) is 2. The smallest absolute Gasteiger partial charge is 0.0663 e. The SMILES string of the molecule is C=CCCOC1CCC(O)C1C=C. The van der Waals surface area contributed by atoms with Gasteiger partial charge in [-0.1, -0.05) is 12.2 Å². The van der Waals surface area contributed by atoms with Crippen LogP contribution in [0.2, 0.25) is 0 Å². The largest absolute Gasteiger partial charge is 0.392 e. The standard InChI is InChI=1S/C11H18O2/c1-3-5-8-13-11-7-6-10(12)9(11)4-2/h3-4,9-12H,1-2,5-8H2. The molecule has 0 spiro atoms. The van der Waals surface area contributed by atoms with Crippen molar-refractivity contribution in [3.8, 4) is 0 Å². The summed E-state index contributed by atoms with van der Waals surface area (Å²) in [6, 6.07) is 0. The van der Waals surface area contributed by atoms with Crippen molar-refractivity contribution in [2.45, 2.75) is 31.5 Å². The first-order chi connectivity index (χ1) is 6.29. The van der Waals surface area contributed by atoms with E-state index in [1.54, 1.807) is 6.08 Å². The van der Waals surface area contributed by atoms with Crippen molar-refractivity contribution >= 4 is 0 Å². The molecule has 1 N–H and O–H groups in total. The summed E-state index contributed by atoms with van der Waals surface area (Å²) in [5.74, 6) is 0.116. The molecule has 1 saturated carbocycles. The molecule has 0 aromatic heterocycles. The third-order valence-corrected chi connectivity index (χ3v) is 2.55. The van der Waals surface area contributed by atoms with E-state index >= 15 is 0 Å². The third-order valence-electron chi connectivity index (χ3n) is 2.55. The van der Waals surface area contributed by atoms with Crippen LogP contribution in [0.25, 0.3) is 0 Å². The Morgan fingerprint density at radius 1 is 1.38 bits per heavy atom. The van der Waals surface area contributed by atoms with E-state index in [0.29, 0.717) is 6.61 Å². The van der Waals surface area contributed by atoms with Crippen molar-refractivity contribution in [2.24, 2.45) is 5.92 Å². The number of ether oxygens (including phenoxy) is 1. The first-order valence-electron chi connectivity index (χ1n) is 4.82. The quantitative estimate of drug-likeness (QED) is 0.520. The average molecular weight is 182 g/mol. The van der Waals surface area contributed by atoms with Crippen LogP contribution in [0, 0.1) is 5.92 Å². The topological polar surface area (TPSA) is 29.5 Å². The van der Waals surface area contributed by atoms with E-state index in [1.165, 1.54) is 0 Å². The van der Waals surface area contributed by atoms with Gasteiger partial charge < -0.3 is 9.84 Å². The van der Waals surface area contributed by atoms with Crippen LogP contribution in [-0.4, -0.2) is 23.9 Å². The lowest BCUT2D eigenvalue weighted by Crippen LogP contribution is -2.23. The fraction of sp³-hybridized carbons (Fsp3) is 0.636. The van der Waals surface area contributed by atoms with Crippen molar-refractivity contribution in [3.63, 3.8) is 0 Å². The highest BCUT2D eigenvalue weighted by molar-refractivity contribution is 4.96. The van der Waals surface area contributed by atoms with E-state index in [1.807, 2.05) is 6.08 Å². The van der Waals surface area contributed by atoms with Gasteiger partial charge in [0, 0.05) is 5.92 Å². The maximum absolute atomic E-state index is 9.54. The molecule has 1 fully saturated rings. The van der Waals surface area contributed by atoms with E-state index < -0.39 is 0 Å². The van der Waals surface area contributed by atoms with Crippen molar-refractivity contribution in [3.05, 3.63) is 25.3 Å². The van der Waals surface area contributed by atoms with Crippen LogP contribution in [0.15, 0.2) is 25.3 Å². The lowest BCUT2D eigenvalue weighted by atomic mass is 10.0. The molecule has 1 aliphatic carbocycles. The highest BCUT2D eigenvalue weighted by atomic mass is 16.5. The van der Waals surface area contributed by atoms with Crippen LogP contribution in [0.1, 0.15) is 19.3 Å². The van der Waals surface area contributed by atoms with E-state index in [4.69, 9.17) is 4.74 Å². The van der Waals surface area contributed by atoms with Crippen LogP contribution in [0.4, 0.5) is 0 Å². The summed E-state index contributed by atoms with van der Waals surface area (Å²) in [5.41, 5.74) is 0. The van der Waals surface area contributed by atoms with Crippen molar-refractivity contribution < 1.29 is 9.84 Å². The van der Waals surface area contributed by atoms with E-state index in [2.05, 4.69) is 13.2 Å². The summed E-state index contributed by atoms with van der Waals surface area (Å²) >= 11 is 0. The fourth-order valence-electron chi connectivity index (χ4n) is 1.77. The molecule has 3 unspecified atom stereocenters. The van der Waals surface area contributed by atoms with Gasteiger partial charge in [-0.05, 0) is 19.3 Å². The highest BCUT2D eigenvalue weighted by Crippen LogP contribution is 2.29. The Morgan fingerprint density at radius 3 is 2.77 bits per heavy atom. The maximum atomic E-state index is 9.54. The van der Waals surface area contributed by atoms with Gasteiger partial charge >= 0.3 is 0 Å². The molecule has 2 nitrogen and oxygen atoms in total. The van der Waals surface area contributed by atoms with Crippen LogP contribution in [0.5, 0.6) is 0 Å². The van der Waals surface area contributed by atoms with Crippen molar-refractivity contribution in [1.82, 2.24) is 0 Å². The van der Waals surface area contributed by atoms with E-state index in [-0.39, 0.29) is 18.1 Å². The normalized spacial score (nSPS) is 33.2. The minimum Gasteiger partial charge on any atom is -0.392 e. The Hall–Kier alpha value is -0.600. The second kappa shape index (κ2) is 5.20. The van der Waals surface area contributed by atoms with Crippen molar-refractivity contribution in [1.29, 1.82) is 0 Å². The first kappa shape index (κ1) is 10.5. The third kappa shape index (κ3) is 2.68. The lowest BCUT2D eigenvalue weighted by Gasteiger charge is -2.18. The fourth-order valence-corrected chi connectivity index (χ4v) is 1.77. The molecule has 1 aliphatic rings. The predicted octanol–water partition coefficient (Wildman–Crippen LogP) is 1.90. The summed E-state index contributed by atoms with van der Waals surface area (Å²) in [5, 5.41) is 9.54. The summed E-state index contributed by atoms with van der Waals surface area (Å²) in [6.07, 6.45) is 6.18. The van der Waals surface area contributed by atoms with Crippen LogP contribution >= 0.6 is 0 Å². The summed E-state index contributed by atoms with van der Waals surface area (Å²) in [6.45, 7) is 8.04. The number of rotatable bonds is 5. The molecule has 0 bridgehead atoms. The second-order valence-corrected chi connectivity index (χ2v) is 3.44. The van der Waals surface area contributed by atoms with E-state index in [9.17, 15) is 5.11 Å². The van der Waals surface area contributed by atoms with Gasteiger partial charge in [0.15, 0.2) is 0 Å². The van der Waals surface area contributed by atoms with Gasteiger partial charge in [-0.3, -0.25) is 0 Å². The Balaban J connectivity index is 2.32. The Labute approximate surface area is 79.9 Å². The molecular weight excluding hydrogens is 164 g/mol. The number of aliphatic hydroxyl groups excluding tert-OH is 1. The Bertz CT molecular complexity index is 177. The molecule has 1 rings (SSSR count). The summed E-state index contributed by atoms with van der Waals surface area (Å²) < 4.78 is 5.61. The van der Waals surface area contributed by atoms with Gasteiger partial charge in [-0.2, -0.15) is 0 Å². The summed E-state index contributed by atoms with van der Waals surface area (Å²) in [7, 11) is 0.